The van der Waals surface area contributed by atoms with Crippen LogP contribution in [-0.2, 0) is 4.79 Å². The Labute approximate surface area is 80.9 Å². The van der Waals surface area contributed by atoms with Crippen molar-refractivity contribution in [3.8, 4) is 0 Å². The number of carbonyl (C=O) groups is 1. The van der Waals surface area contributed by atoms with Crippen LogP contribution in [0.5, 0.6) is 0 Å². The van der Waals surface area contributed by atoms with Crippen LogP contribution in [0, 0.1) is 11.8 Å². The third-order valence-corrected chi connectivity index (χ3v) is 2.96. The van der Waals surface area contributed by atoms with Gasteiger partial charge < -0.3 is 5.73 Å². The molecular weight excluding hydrogens is 162 g/mol. The van der Waals surface area contributed by atoms with Crippen LogP contribution in [0.4, 0.5) is 0 Å². The Morgan fingerprint density at radius 2 is 2.08 bits per heavy atom. The minimum atomic E-state index is 0.150. The van der Waals surface area contributed by atoms with Gasteiger partial charge in [-0.1, -0.05) is 20.3 Å². The van der Waals surface area contributed by atoms with Crippen molar-refractivity contribution in [2.75, 3.05) is 0 Å². The third kappa shape index (κ3) is 3.90. The van der Waals surface area contributed by atoms with Crippen molar-refractivity contribution >= 4 is 5.78 Å². The van der Waals surface area contributed by atoms with Gasteiger partial charge >= 0.3 is 0 Å². The van der Waals surface area contributed by atoms with E-state index in [-0.39, 0.29) is 6.04 Å². The van der Waals surface area contributed by atoms with E-state index in [9.17, 15) is 4.79 Å². The van der Waals surface area contributed by atoms with Gasteiger partial charge in [0.25, 0.3) is 0 Å². The van der Waals surface area contributed by atoms with E-state index in [0.29, 0.717) is 24.0 Å². The van der Waals surface area contributed by atoms with Crippen LogP contribution < -0.4 is 5.73 Å². The largest absolute Gasteiger partial charge is 0.327 e. The molecule has 1 fully saturated rings. The molecule has 2 atom stereocenters. The van der Waals surface area contributed by atoms with Crippen molar-refractivity contribution in [1.29, 1.82) is 0 Å². The fraction of sp³-hybridized carbons (Fsp3) is 0.909. The molecule has 1 aliphatic rings. The van der Waals surface area contributed by atoms with Crippen LogP contribution in [0.3, 0.4) is 0 Å². The Hall–Kier alpha value is -0.370. The molecular formula is C11H21NO. The Morgan fingerprint density at radius 3 is 2.54 bits per heavy atom. The van der Waals surface area contributed by atoms with Crippen molar-refractivity contribution in [2.45, 2.75) is 52.0 Å². The highest BCUT2D eigenvalue weighted by Gasteiger charge is 2.29. The molecule has 13 heavy (non-hydrogen) atoms. The molecule has 0 aromatic rings. The first-order chi connectivity index (χ1) is 6.13. The van der Waals surface area contributed by atoms with Crippen molar-refractivity contribution in [3.63, 3.8) is 0 Å². The quantitative estimate of drug-likeness (QED) is 0.685. The molecule has 2 N–H and O–H groups in total. The molecule has 0 aliphatic heterocycles. The molecule has 1 rings (SSSR count). The molecule has 0 saturated heterocycles. The molecule has 0 spiro atoms. The summed E-state index contributed by atoms with van der Waals surface area (Å²) in [5.41, 5.74) is 5.88. The highest BCUT2D eigenvalue weighted by atomic mass is 16.1. The van der Waals surface area contributed by atoms with E-state index in [1.54, 1.807) is 0 Å². The van der Waals surface area contributed by atoms with E-state index in [2.05, 4.69) is 13.8 Å². The highest BCUT2D eigenvalue weighted by Crippen LogP contribution is 2.33. The number of Topliss-reactive ketones (excluding diaryl/α,β-unsaturated/α-hetero) is 1. The topological polar surface area (TPSA) is 43.1 Å². The van der Waals surface area contributed by atoms with Gasteiger partial charge in [-0.15, -0.1) is 0 Å². The zero-order valence-electron chi connectivity index (χ0n) is 8.75. The Balaban J connectivity index is 2.15. The molecule has 0 aromatic carbocycles. The van der Waals surface area contributed by atoms with Gasteiger partial charge in [-0.3, -0.25) is 4.79 Å². The van der Waals surface area contributed by atoms with Gasteiger partial charge in [0.2, 0.25) is 0 Å². The van der Waals surface area contributed by atoms with Gasteiger partial charge in [-0.2, -0.15) is 0 Å². The predicted molar refractivity (Wildman–Crippen MR) is 54.4 cm³/mol. The molecule has 2 heteroatoms. The van der Waals surface area contributed by atoms with E-state index in [1.165, 1.54) is 12.8 Å². The van der Waals surface area contributed by atoms with Crippen LogP contribution in [0.1, 0.15) is 46.0 Å². The molecule has 0 amide bonds. The third-order valence-electron chi connectivity index (χ3n) is 2.96. The van der Waals surface area contributed by atoms with Crippen molar-refractivity contribution in [2.24, 2.45) is 17.6 Å². The maximum Gasteiger partial charge on any atom is 0.134 e. The van der Waals surface area contributed by atoms with E-state index in [0.717, 1.165) is 12.8 Å². The molecule has 76 valence electrons. The van der Waals surface area contributed by atoms with Gasteiger partial charge in [-0.05, 0) is 24.7 Å². The van der Waals surface area contributed by atoms with Gasteiger partial charge in [0.15, 0.2) is 0 Å². The van der Waals surface area contributed by atoms with E-state index in [4.69, 9.17) is 5.73 Å². The lowest BCUT2D eigenvalue weighted by atomic mass is 9.97. The molecule has 0 heterocycles. The van der Waals surface area contributed by atoms with Gasteiger partial charge in [0.1, 0.15) is 5.78 Å². The summed E-state index contributed by atoms with van der Waals surface area (Å²) in [5.74, 6) is 1.54. The molecule has 1 aliphatic carbocycles. The van der Waals surface area contributed by atoms with Crippen LogP contribution in [-0.4, -0.2) is 11.8 Å². The summed E-state index contributed by atoms with van der Waals surface area (Å²) in [5, 5.41) is 0. The van der Waals surface area contributed by atoms with Crippen molar-refractivity contribution < 1.29 is 4.79 Å². The van der Waals surface area contributed by atoms with Gasteiger partial charge in [0.05, 0.1) is 0 Å². The van der Waals surface area contributed by atoms with E-state index in [1.807, 2.05) is 0 Å². The number of hydrogen-bond acceptors (Lipinski definition) is 2. The van der Waals surface area contributed by atoms with E-state index < -0.39 is 0 Å². The first-order valence-electron chi connectivity index (χ1n) is 5.40. The number of nitrogens with two attached hydrogens (primary N) is 1. The fourth-order valence-corrected chi connectivity index (χ4v) is 1.57. The molecule has 2 unspecified atom stereocenters. The molecule has 1 saturated carbocycles. The Bertz CT molecular complexity index is 175. The molecule has 0 aromatic heterocycles. The van der Waals surface area contributed by atoms with Crippen LogP contribution in [0.2, 0.25) is 0 Å². The lowest BCUT2D eigenvalue weighted by molar-refractivity contribution is -0.120. The molecule has 0 radical (unpaired) electrons. The summed E-state index contributed by atoms with van der Waals surface area (Å²) < 4.78 is 0. The predicted octanol–water partition coefficient (Wildman–Crippen LogP) is 2.12. The normalized spacial score (nSPS) is 21.2. The van der Waals surface area contributed by atoms with Crippen molar-refractivity contribution in [1.82, 2.24) is 0 Å². The van der Waals surface area contributed by atoms with Crippen LogP contribution in [0.25, 0.3) is 0 Å². The molecule has 2 nitrogen and oxygen atoms in total. The monoisotopic (exact) mass is 183 g/mol. The summed E-state index contributed by atoms with van der Waals surface area (Å²) >= 11 is 0. The van der Waals surface area contributed by atoms with Crippen LogP contribution in [0.15, 0.2) is 0 Å². The van der Waals surface area contributed by atoms with Gasteiger partial charge in [-0.25, -0.2) is 0 Å². The second-order valence-electron chi connectivity index (χ2n) is 4.46. The second kappa shape index (κ2) is 4.75. The SMILES string of the molecule is CCC(C)CC(=O)CC(N)C1CC1. The van der Waals surface area contributed by atoms with Crippen LogP contribution >= 0.6 is 0 Å². The fourth-order valence-electron chi connectivity index (χ4n) is 1.57. The van der Waals surface area contributed by atoms with Crippen molar-refractivity contribution in [3.05, 3.63) is 0 Å². The standard InChI is InChI=1S/C11H21NO/c1-3-8(2)6-10(13)7-11(12)9-4-5-9/h8-9,11H,3-7,12H2,1-2H3. The minimum Gasteiger partial charge on any atom is -0.327 e. The van der Waals surface area contributed by atoms with E-state index >= 15 is 0 Å². The summed E-state index contributed by atoms with van der Waals surface area (Å²) in [4.78, 5) is 11.5. The average molecular weight is 183 g/mol. The summed E-state index contributed by atoms with van der Waals surface area (Å²) in [6.07, 6.45) is 4.88. The lowest BCUT2D eigenvalue weighted by Gasteiger charge is -2.11. The summed E-state index contributed by atoms with van der Waals surface area (Å²) in [6, 6.07) is 0.150. The smallest absolute Gasteiger partial charge is 0.134 e. The average Bonchev–Trinajstić information content (AvgIpc) is 2.85. The lowest BCUT2D eigenvalue weighted by Crippen LogP contribution is -2.26. The first-order valence-corrected chi connectivity index (χ1v) is 5.40. The summed E-state index contributed by atoms with van der Waals surface area (Å²) in [7, 11) is 0. The zero-order valence-corrected chi connectivity index (χ0v) is 8.75. The first kappa shape index (κ1) is 10.7. The number of rotatable bonds is 6. The van der Waals surface area contributed by atoms with Gasteiger partial charge in [0, 0.05) is 18.9 Å². The number of hydrogen-bond donors (Lipinski definition) is 1. The zero-order chi connectivity index (χ0) is 9.84. The maximum atomic E-state index is 11.5. The minimum absolute atomic E-state index is 0.150. The second-order valence-corrected chi connectivity index (χ2v) is 4.46. The number of carbonyl (C=O) groups excluding carboxylic acids is 1. The maximum absolute atomic E-state index is 11.5. The molecule has 0 bridgehead atoms. The highest BCUT2D eigenvalue weighted by molar-refractivity contribution is 5.79. The Morgan fingerprint density at radius 1 is 1.46 bits per heavy atom. The Kier molecular flexibility index (Phi) is 3.91. The number of ketones is 1. The summed E-state index contributed by atoms with van der Waals surface area (Å²) in [6.45, 7) is 4.25.